The minimum Gasteiger partial charge on any atom is -0.391 e. The van der Waals surface area contributed by atoms with Crippen molar-refractivity contribution in [2.45, 2.75) is 26.4 Å². The number of aliphatic hydroxyl groups excluding tert-OH is 1. The summed E-state index contributed by atoms with van der Waals surface area (Å²) in [7, 11) is 0. The van der Waals surface area contributed by atoms with Gasteiger partial charge in [-0.2, -0.15) is 0 Å². The van der Waals surface area contributed by atoms with Gasteiger partial charge in [-0.15, -0.1) is 0 Å². The first-order valence-corrected chi connectivity index (χ1v) is 4.46. The van der Waals surface area contributed by atoms with Gasteiger partial charge >= 0.3 is 0 Å². The molecular weight excluding hydrogens is 166 g/mol. The number of nitrogens with one attached hydrogen (secondary N) is 1. The summed E-state index contributed by atoms with van der Waals surface area (Å²) in [6.45, 7) is 4.06. The summed E-state index contributed by atoms with van der Waals surface area (Å²) in [5.74, 6) is -0.175. The highest BCUT2D eigenvalue weighted by Crippen LogP contribution is 1.86. The Hall–Kier alpha value is -1.09. The standard InChI is InChI=1S/C10H17NO2/c1-3-5-6-7-10(13)11-8-9(12)4-2/h3,5-7,9,12H,4,8H2,1-2H3,(H,11,13)/b5-3?,7-6+. The Balaban J connectivity index is 3.63. The molecule has 0 spiro atoms. The number of rotatable bonds is 5. The first-order chi connectivity index (χ1) is 6.20. The van der Waals surface area contributed by atoms with Crippen molar-refractivity contribution >= 4 is 5.91 Å². The predicted octanol–water partition coefficient (Wildman–Crippen LogP) is 1.01. The van der Waals surface area contributed by atoms with E-state index in [1.807, 2.05) is 19.9 Å². The van der Waals surface area contributed by atoms with Crippen molar-refractivity contribution in [3.63, 3.8) is 0 Å². The summed E-state index contributed by atoms with van der Waals surface area (Å²) in [5.41, 5.74) is 0. The van der Waals surface area contributed by atoms with E-state index in [0.29, 0.717) is 13.0 Å². The summed E-state index contributed by atoms with van der Waals surface area (Å²) in [5, 5.41) is 11.7. The van der Waals surface area contributed by atoms with Crippen molar-refractivity contribution in [2.75, 3.05) is 6.54 Å². The van der Waals surface area contributed by atoms with Crippen LogP contribution in [0.15, 0.2) is 24.3 Å². The van der Waals surface area contributed by atoms with Gasteiger partial charge in [0.05, 0.1) is 6.10 Å². The first kappa shape index (κ1) is 11.9. The quantitative estimate of drug-likeness (QED) is 0.493. The lowest BCUT2D eigenvalue weighted by atomic mass is 10.3. The smallest absolute Gasteiger partial charge is 0.244 e. The van der Waals surface area contributed by atoms with Crippen LogP contribution in [-0.4, -0.2) is 23.7 Å². The second kappa shape index (κ2) is 7.55. The van der Waals surface area contributed by atoms with E-state index in [9.17, 15) is 4.79 Å². The van der Waals surface area contributed by atoms with E-state index in [1.165, 1.54) is 6.08 Å². The number of carbonyl (C=O) groups excluding carboxylic acids is 1. The van der Waals surface area contributed by atoms with Gasteiger partial charge in [0.15, 0.2) is 0 Å². The Bertz CT molecular complexity index is 197. The minimum atomic E-state index is -0.445. The molecule has 0 fully saturated rings. The molecule has 0 aliphatic carbocycles. The average Bonchev–Trinajstić information content (AvgIpc) is 2.14. The van der Waals surface area contributed by atoms with Crippen LogP contribution >= 0.6 is 0 Å². The molecule has 1 amide bonds. The molecule has 1 atom stereocenters. The van der Waals surface area contributed by atoms with Gasteiger partial charge in [0.2, 0.25) is 5.91 Å². The molecular formula is C10H17NO2. The predicted molar refractivity (Wildman–Crippen MR) is 53.3 cm³/mol. The molecule has 0 aromatic carbocycles. The molecule has 0 aliphatic heterocycles. The molecule has 0 rings (SSSR count). The molecule has 0 aromatic heterocycles. The topological polar surface area (TPSA) is 49.3 Å². The number of carbonyl (C=O) groups is 1. The van der Waals surface area contributed by atoms with Gasteiger partial charge in [-0.25, -0.2) is 0 Å². The second-order valence-corrected chi connectivity index (χ2v) is 2.69. The van der Waals surface area contributed by atoms with Gasteiger partial charge in [-0.3, -0.25) is 4.79 Å². The van der Waals surface area contributed by atoms with E-state index in [1.54, 1.807) is 12.2 Å². The summed E-state index contributed by atoms with van der Waals surface area (Å²) in [6, 6.07) is 0. The zero-order chi connectivity index (χ0) is 10.1. The number of hydrogen-bond acceptors (Lipinski definition) is 2. The van der Waals surface area contributed by atoms with E-state index in [-0.39, 0.29) is 5.91 Å². The van der Waals surface area contributed by atoms with Crippen molar-refractivity contribution < 1.29 is 9.90 Å². The van der Waals surface area contributed by atoms with Gasteiger partial charge in [0, 0.05) is 12.6 Å². The van der Waals surface area contributed by atoms with E-state index < -0.39 is 6.10 Å². The van der Waals surface area contributed by atoms with Crippen LogP contribution in [0, 0.1) is 0 Å². The summed E-state index contributed by atoms with van der Waals surface area (Å²) >= 11 is 0. The third kappa shape index (κ3) is 7.28. The lowest BCUT2D eigenvalue weighted by molar-refractivity contribution is -0.116. The fourth-order valence-corrected chi connectivity index (χ4v) is 0.676. The number of allylic oxidation sites excluding steroid dienone is 3. The molecule has 0 aromatic rings. The maximum absolute atomic E-state index is 11.0. The molecule has 2 N–H and O–H groups in total. The van der Waals surface area contributed by atoms with Gasteiger partial charge in [0.25, 0.3) is 0 Å². The van der Waals surface area contributed by atoms with Crippen LogP contribution in [0.25, 0.3) is 0 Å². The van der Waals surface area contributed by atoms with Crippen molar-refractivity contribution in [1.29, 1.82) is 0 Å². The lowest BCUT2D eigenvalue weighted by Gasteiger charge is -2.06. The zero-order valence-electron chi connectivity index (χ0n) is 8.16. The molecule has 13 heavy (non-hydrogen) atoms. The molecule has 3 nitrogen and oxygen atoms in total. The number of amides is 1. The molecule has 0 aliphatic rings. The van der Waals surface area contributed by atoms with Crippen molar-refractivity contribution in [3.05, 3.63) is 24.3 Å². The van der Waals surface area contributed by atoms with Crippen LogP contribution < -0.4 is 5.32 Å². The van der Waals surface area contributed by atoms with Gasteiger partial charge in [-0.1, -0.05) is 25.2 Å². The van der Waals surface area contributed by atoms with E-state index in [4.69, 9.17) is 5.11 Å². The molecule has 0 saturated heterocycles. The van der Waals surface area contributed by atoms with E-state index in [0.717, 1.165) is 0 Å². The van der Waals surface area contributed by atoms with Crippen LogP contribution in [-0.2, 0) is 4.79 Å². The third-order valence-electron chi connectivity index (χ3n) is 1.53. The summed E-state index contributed by atoms with van der Waals surface area (Å²) in [6.07, 6.45) is 6.91. The Labute approximate surface area is 79.2 Å². The summed E-state index contributed by atoms with van der Waals surface area (Å²) < 4.78 is 0. The normalized spacial score (nSPS) is 13.8. The maximum Gasteiger partial charge on any atom is 0.244 e. The highest BCUT2D eigenvalue weighted by atomic mass is 16.3. The fourth-order valence-electron chi connectivity index (χ4n) is 0.676. The highest BCUT2D eigenvalue weighted by molar-refractivity contribution is 5.87. The van der Waals surface area contributed by atoms with Crippen molar-refractivity contribution in [3.8, 4) is 0 Å². The molecule has 0 heterocycles. The minimum absolute atomic E-state index is 0.175. The van der Waals surface area contributed by atoms with Gasteiger partial charge < -0.3 is 10.4 Å². The zero-order valence-corrected chi connectivity index (χ0v) is 8.16. The van der Waals surface area contributed by atoms with Crippen molar-refractivity contribution in [2.24, 2.45) is 0 Å². The Morgan fingerprint density at radius 3 is 2.77 bits per heavy atom. The molecule has 3 heteroatoms. The molecule has 0 bridgehead atoms. The fraction of sp³-hybridized carbons (Fsp3) is 0.500. The van der Waals surface area contributed by atoms with Crippen LogP contribution in [0.2, 0.25) is 0 Å². The molecule has 74 valence electrons. The largest absolute Gasteiger partial charge is 0.391 e. The van der Waals surface area contributed by atoms with Crippen LogP contribution in [0.1, 0.15) is 20.3 Å². The summed E-state index contributed by atoms with van der Waals surface area (Å²) in [4.78, 5) is 11.0. The maximum atomic E-state index is 11.0. The first-order valence-electron chi connectivity index (χ1n) is 4.46. The van der Waals surface area contributed by atoms with E-state index in [2.05, 4.69) is 5.32 Å². The molecule has 0 radical (unpaired) electrons. The monoisotopic (exact) mass is 183 g/mol. The van der Waals surface area contributed by atoms with Gasteiger partial charge in [0.1, 0.15) is 0 Å². The highest BCUT2D eigenvalue weighted by Gasteiger charge is 2.00. The average molecular weight is 183 g/mol. The van der Waals surface area contributed by atoms with E-state index >= 15 is 0 Å². The molecule has 1 unspecified atom stereocenters. The Morgan fingerprint density at radius 1 is 1.54 bits per heavy atom. The van der Waals surface area contributed by atoms with Crippen LogP contribution in [0.3, 0.4) is 0 Å². The van der Waals surface area contributed by atoms with Gasteiger partial charge in [-0.05, 0) is 13.3 Å². The third-order valence-corrected chi connectivity index (χ3v) is 1.53. The van der Waals surface area contributed by atoms with Crippen LogP contribution in [0.5, 0.6) is 0 Å². The number of hydrogen-bond donors (Lipinski definition) is 2. The van der Waals surface area contributed by atoms with Crippen molar-refractivity contribution in [1.82, 2.24) is 5.32 Å². The molecule has 0 saturated carbocycles. The lowest BCUT2D eigenvalue weighted by Crippen LogP contribution is -2.30. The Morgan fingerprint density at radius 2 is 2.23 bits per heavy atom. The van der Waals surface area contributed by atoms with Crippen LogP contribution in [0.4, 0.5) is 0 Å². The second-order valence-electron chi connectivity index (χ2n) is 2.69. The SMILES string of the molecule is CC=C/C=C/C(=O)NCC(O)CC. The number of aliphatic hydroxyl groups is 1. The Kier molecular flexibility index (Phi) is 6.92.